The smallest absolute Gasteiger partial charge is 0.726 e. The van der Waals surface area contributed by atoms with Gasteiger partial charge in [0.1, 0.15) is 67.1 Å². The second-order valence-electron chi connectivity index (χ2n) is 27.6. The minimum atomic E-state index is -4.98. The summed E-state index contributed by atoms with van der Waals surface area (Å²) in [4.78, 5) is 0. The average Bonchev–Trinajstić information content (AvgIpc) is 0.818. The Hall–Kier alpha value is -2.39. The molecular weight excluding hydrogens is 1360 g/mol. The third kappa shape index (κ3) is 39.6. The van der Waals surface area contributed by atoms with Crippen molar-refractivity contribution in [1.82, 2.24) is 0 Å². The fourth-order valence-corrected chi connectivity index (χ4v) is 12.7. The second kappa shape index (κ2) is 53.4. The summed E-state index contributed by atoms with van der Waals surface area (Å²) >= 11 is 0. The van der Waals surface area contributed by atoms with Crippen molar-refractivity contribution in [2.24, 2.45) is 11.8 Å². The van der Waals surface area contributed by atoms with Crippen molar-refractivity contribution in [2.45, 2.75) is 327 Å². The first kappa shape index (κ1) is 97.6. The molecule has 0 aromatic carbocycles. The number of ether oxygens (including phenoxy) is 2. The molecule has 27 atom stereocenters. The molecule has 0 spiro atoms. The summed E-state index contributed by atoms with van der Waals surface area (Å²) in [6.45, 7) is 11.6. The van der Waals surface area contributed by atoms with Gasteiger partial charge in [0, 0.05) is 19.3 Å². The number of rotatable bonds is 54. The number of aliphatic hydroxyl groups is 21. The van der Waals surface area contributed by atoms with Crippen LogP contribution in [0.1, 0.15) is 175 Å². The fraction of sp³-hybridized carbons (Fsp3) is 0.753. The van der Waals surface area contributed by atoms with Crippen LogP contribution in [0, 0.1) is 11.8 Å². The van der Waals surface area contributed by atoms with Crippen molar-refractivity contribution in [3.8, 4) is 0 Å². The van der Waals surface area contributed by atoms with E-state index in [-0.39, 0.29) is 92.9 Å². The molecule has 0 amide bonds. The van der Waals surface area contributed by atoms with Gasteiger partial charge >= 0.3 is 29.6 Å². The van der Waals surface area contributed by atoms with Crippen LogP contribution in [0.25, 0.3) is 0 Å². The van der Waals surface area contributed by atoms with Crippen LogP contribution in [0.15, 0.2) is 109 Å². The summed E-state index contributed by atoms with van der Waals surface area (Å²) in [5.41, 5.74) is 0.451. The van der Waals surface area contributed by atoms with Crippen LogP contribution in [-0.4, -0.2) is 279 Å². The van der Waals surface area contributed by atoms with E-state index in [1.54, 1.807) is 32.9 Å². The Morgan fingerprint density at radius 2 is 1.03 bits per heavy atom. The standard InChI is InChI=1S/C73H126O27S.Na/c1-6-7-8-9-10-11-12-13-14-15-16-17-18-19-32-56(81)67(90)72-70(93)61(86)43-63(99-72)71(94)66(89)47(4)35-38-55(80)62-42-60(85)69(92)73(98-62)68(91)57(82)39-45(2)33-36-53(79)41-59(84)65(88)48(5)40-58(83)64(87)46(3)34-37-52(78)29-22-28-50(76)25-20-24-49(75)26-21-27-51(77)30-23-31-54(44-74)100-101(95,96)97;/h6-8,11-16,19,23,30,32,39,46,48-94H,1,4,9-10,17-18,20-22,24-29,31,33-38,40-44H2,2-3,5H3,(H,95,96,97);/q;+1/p-1/b8-7+,12-11+,14-13+,16-15+,30-23+,32-19+,45-39+;. The van der Waals surface area contributed by atoms with Crippen LogP contribution in [0.3, 0.4) is 0 Å². The van der Waals surface area contributed by atoms with Crippen molar-refractivity contribution in [2.75, 3.05) is 6.61 Å². The maximum atomic E-state index is 11.2. The van der Waals surface area contributed by atoms with E-state index in [1.807, 2.05) is 48.6 Å². The summed E-state index contributed by atoms with van der Waals surface area (Å²) in [5.74, 6) is -1.20. The molecule has 2 saturated heterocycles. The zero-order chi connectivity index (χ0) is 75.9. The maximum Gasteiger partial charge on any atom is 1.00 e. The first-order valence-corrected chi connectivity index (χ1v) is 37.1. The predicted octanol–water partition coefficient (Wildman–Crippen LogP) is -1.76. The molecule has 2 fully saturated rings. The van der Waals surface area contributed by atoms with Crippen LogP contribution in [0.5, 0.6) is 0 Å². The Morgan fingerprint density at radius 1 is 0.549 bits per heavy atom. The molecule has 0 bridgehead atoms. The molecular formula is C73H125NaO27S. The Labute approximate surface area is 625 Å². The van der Waals surface area contributed by atoms with Gasteiger partial charge in [-0.15, -0.1) is 0 Å². The quantitative estimate of drug-likeness (QED) is 0.00801. The molecule has 27 unspecified atom stereocenters. The van der Waals surface area contributed by atoms with Crippen molar-refractivity contribution < 1.29 is 163 Å². The molecule has 27 nitrogen and oxygen atoms in total. The summed E-state index contributed by atoms with van der Waals surface area (Å²) < 4.78 is 47.9. The van der Waals surface area contributed by atoms with Gasteiger partial charge in [-0.1, -0.05) is 118 Å². The predicted molar refractivity (Wildman–Crippen MR) is 376 cm³/mol. The van der Waals surface area contributed by atoms with Crippen LogP contribution < -0.4 is 29.6 Å². The Morgan fingerprint density at radius 3 is 1.57 bits per heavy atom. The number of allylic oxidation sites excluding steroid dienone is 11. The van der Waals surface area contributed by atoms with Crippen LogP contribution in [-0.2, 0) is 24.1 Å². The summed E-state index contributed by atoms with van der Waals surface area (Å²) in [6.07, 6.45) is -4.29. The molecule has 586 valence electrons. The summed E-state index contributed by atoms with van der Waals surface area (Å²) in [5, 5.41) is 226. The zero-order valence-corrected chi connectivity index (χ0v) is 62.8. The normalized spacial score (nSPS) is 26.2. The van der Waals surface area contributed by atoms with E-state index in [0.29, 0.717) is 89.0 Å². The van der Waals surface area contributed by atoms with Gasteiger partial charge < -0.3 is 121 Å². The molecule has 0 radical (unpaired) electrons. The minimum Gasteiger partial charge on any atom is -0.726 e. The van der Waals surface area contributed by atoms with Crippen molar-refractivity contribution in [3.05, 3.63) is 109 Å². The van der Waals surface area contributed by atoms with Gasteiger partial charge in [0.2, 0.25) is 10.4 Å². The third-order valence-corrected chi connectivity index (χ3v) is 19.2. The molecule has 29 heteroatoms. The van der Waals surface area contributed by atoms with Gasteiger partial charge in [0.05, 0.1) is 92.1 Å². The van der Waals surface area contributed by atoms with Gasteiger partial charge in [-0.05, 0) is 159 Å². The third-order valence-electron chi connectivity index (χ3n) is 18.7. The van der Waals surface area contributed by atoms with Gasteiger partial charge in [-0.2, -0.15) is 0 Å². The van der Waals surface area contributed by atoms with Gasteiger partial charge in [0.25, 0.3) is 0 Å². The van der Waals surface area contributed by atoms with Gasteiger partial charge in [0.15, 0.2) is 0 Å². The molecule has 2 heterocycles. The van der Waals surface area contributed by atoms with E-state index in [9.17, 15) is 115 Å². The van der Waals surface area contributed by atoms with Gasteiger partial charge in [-0.3, -0.25) is 4.18 Å². The van der Waals surface area contributed by atoms with Crippen LogP contribution >= 0.6 is 0 Å². The molecule has 2 rings (SSSR count). The van der Waals surface area contributed by atoms with Gasteiger partial charge in [-0.25, -0.2) is 8.42 Å². The molecule has 0 aromatic rings. The first-order valence-electron chi connectivity index (χ1n) is 35.7. The topological polar surface area (TPSA) is 510 Å². The zero-order valence-electron chi connectivity index (χ0n) is 60.0. The molecule has 21 N–H and O–H groups in total. The Balaban J connectivity index is 0.0000520. The molecule has 2 aliphatic rings. The van der Waals surface area contributed by atoms with E-state index >= 15 is 0 Å². The summed E-state index contributed by atoms with van der Waals surface area (Å²) in [6, 6.07) is 0. The van der Waals surface area contributed by atoms with E-state index in [1.165, 1.54) is 24.3 Å². The Kier molecular flexibility index (Phi) is 51.1. The number of aliphatic hydroxyl groups excluding tert-OH is 21. The summed E-state index contributed by atoms with van der Waals surface area (Å²) in [7, 11) is -4.98. The fourth-order valence-electron chi connectivity index (χ4n) is 12.2. The maximum absolute atomic E-state index is 11.2. The molecule has 102 heavy (non-hydrogen) atoms. The van der Waals surface area contributed by atoms with E-state index < -0.39 is 181 Å². The molecule has 0 aliphatic carbocycles. The van der Waals surface area contributed by atoms with Crippen molar-refractivity contribution in [1.29, 1.82) is 0 Å². The first-order chi connectivity index (χ1) is 47.6. The second-order valence-corrected chi connectivity index (χ2v) is 28.6. The molecule has 0 aromatic heterocycles. The largest absolute Gasteiger partial charge is 1.00 e. The SMILES string of the molecule is C=C/C=C/CC/C=C/C=C/C=C/CC/C=C/C(O)C(O)C1OC(C(O)C(O)C(=C)CCC(O)C2CC(O)C(O)C(C(O)C(O)/C=C(\C)CCC(O)CC(O)C(O)C(C)CC(O)C(O)C(C)CCC(O)CCCC(O)CCCC(O)CCCC(O)/C=C/CC(CO)OS(=O)(=O)[O-])O2)CC(O)C1O.[Na+]. The number of hydrogen-bond acceptors (Lipinski definition) is 27. The molecule has 0 saturated carbocycles. The monoisotopic (exact) mass is 1490 g/mol. The van der Waals surface area contributed by atoms with Crippen LogP contribution in [0.2, 0.25) is 0 Å². The minimum absolute atomic E-state index is 0. The van der Waals surface area contributed by atoms with Crippen molar-refractivity contribution >= 4 is 10.4 Å². The molecule has 2 aliphatic heterocycles. The van der Waals surface area contributed by atoms with Crippen LogP contribution in [0.4, 0.5) is 0 Å². The van der Waals surface area contributed by atoms with E-state index in [2.05, 4.69) is 17.3 Å². The average molecular weight is 1490 g/mol. The number of hydrogen-bond donors (Lipinski definition) is 21. The van der Waals surface area contributed by atoms with E-state index in [4.69, 9.17) is 14.6 Å². The van der Waals surface area contributed by atoms with E-state index in [0.717, 1.165) is 12.8 Å². The Bertz CT molecular complexity index is 2580. The number of unbranched alkanes of at least 4 members (excludes halogenated alkanes) is 2. The van der Waals surface area contributed by atoms with Crippen molar-refractivity contribution in [3.63, 3.8) is 0 Å².